The molecule has 1 aliphatic rings. The summed E-state index contributed by atoms with van der Waals surface area (Å²) >= 11 is 0. The monoisotopic (exact) mass is 336 g/mol. The fraction of sp³-hybridized carbons (Fsp3) is 0.286. The summed E-state index contributed by atoms with van der Waals surface area (Å²) < 4.78 is 17.4. The summed E-state index contributed by atoms with van der Waals surface area (Å²) in [7, 11) is 0. The maximum absolute atomic E-state index is 11.9. The summed E-state index contributed by atoms with van der Waals surface area (Å²) in [6.45, 7) is 2.20. The van der Waals surface area contributed by atoms with Gasteiger partial charge in [0.1, 0.15) is 11.7 Å². The first-order valence-electron chi connectivity index (χ1n) is 8.65. The second-order valence-electron chi connectivity index (χ2n) is 6.24. The van der Waals surface area contributed by atoms with Gasteiger partial charge in [0.2, 0.25) is 0 Å². The van der Waals surface area contributed by atoms with E-state index in [1.165, 1.54) is 5.56 Å². The minimum Gasteiger partial charge on any atom is -0.485 e. The van der Waals surface area contributed by atoms with Crippen molar-refractivity contribution in [3.63, 3.8) is 0 Å². The lowest BCUT2D eigenvalue weighted by Gasteiger charge is -2.29. The van der Waals surface area contributed by atoms with Gasteiger partial charge in [-0.3, -0.25) is 4.79 Å². The summed E-state index contributed by atoms with van der Waals surface area (Å²) in [5.41, 5.74) is 1.98. The van der Waals surface area contributed by atoms with Crippen LogP contribution in [0.4, 0.5) is 0 Å². The van der Waals surface area contributed by atoms with E-state index in [1.807, 2.05) is 49.4 Å². The van der Waals surface area contributed by atoms with E-state index in [1.54, 1.807) is 0 Å². The molecular weight excluding hydrogens is 316 g/mol. The highest BCUT2D eigenvalue weighted by atomic mass is 16.5. The summed E-state index contributed by atoms with van der Waals surface area (Å²) in [5.74, 6) is 1.44. The zero-order valence-corrected chi connectivity index (χ0v) is 14.1. The van der Waals surface area contributed by atoms with E-state index in [4.69, 9.17) is 13.9 Å². The lowest BCUT2D eigenvalue weighted by Crippen LogP contribution is -2.28. The molecule has 0 N–H and O–H groups in total. The van der Waals surface area contributed by atoms with Gasteiger partial charge in [0, 0.05) is 5.92 Å². The van der Waals surface area contributed by atoms with Gasteiger partial charge in [-0.15, -0.1) is 0 Å². The fourth-order valence-corrected chi connectivity index (χ4v) is 3.48. The Balaban J connectivity index is 1.75. The topological polar surface area (TPSA) is 48.7 Å². The van der Waals surface area contributed by atoms with Crippen molar-refractivity contribution in [3.05, 3.63) is 65.9 Å². The molecule has 0 saturated heterocycles. The molecule has 0 fully saturated rings. The van der Waals surface area contributed by atoms with Crippen molar-refractivity contribution in [2.24, 2.45) is 0 Å². The molecule has 4 heteroatoms. The molecule has 0 aliphatic carbocycles. The molecule has 0 saturated carbocycles. The van der Waals surface area contributed by atoms with Crippen molar-refractivity contribution in [1.29, 1.82) is 0 Å². The number of carbonyl (C=O) groups excluding carboxylic acids is 1. The Labute approximate surface area is 146 Å². The zero-order valence-electron chi connectivity index (χ0n) is 14.1. The predicted octanol–water partition coefficient (Wildman–Crippen LogP) is 4.67. The van der Waals surface area contributed by atoms with Crippen LogP contribution < -0.4 is 4.74 Å². The number of benzene rings is 2. The Hall–Kier alpha value is -2.75. The standard InChI is InChI=1S/C21H20O4/c1-2-23-19(22)13-15-12-17(14-8-4-3-5-9-14)21-20(24-15)16-10-6-7-11-18(16)25-21/h3-11,15,17H,2,12-13H2,1H3/t15?,17-/m1/s1. The Kier molecular flexibility index (Phi) is 4.18. The molecule has 128 valence electrons. The lowest BCUT2D eigenvalue weighted by molar-refractivity contribution is -0.145. The number of para-hydroxylation sites is 1. The predicted molar refractivity (Wildman–Crippen MR) is 94.8 cm³/mol. The maximum Gasteiger partial charge on any atom is 0.309 e. The number of esters is 1. The van der Waals surface area contributed by atoms with Gasteiger partial charge >= 0.3 is 5.97 Å². The molecule has 4 rings (SSSR count). The van der Waals surface area contributed by atoms with Gasteiger partial charge in [-0.1, -0.05) is 42.5 Å². The van der Waals surface area contributed by atoms with Crippen molar-refractivity contribution >= 4 is 16.9 Å². The third-order valence-corrected chi connectivity index (χ3v) is 4.58. The summed E-state index contributed by atoms with van der Waals surface area (Å²) in [6.07, 6.45) is 0.712. The van der Waals surface area contributed by atoms with Crippen LogP contribution in [0.5, 0.6) is 5.75 Å². The summed E-state index contributed by atoms with van der Waals surface area (Å²) in [4.78, 5) is 11.9. The molecule has 2 aromatic carbocycles. The molecular formula is C21H20O4. The normalized spacial score (nSPS) is 19.2. The Morgan fingerprint density at radius 3 is 2.68 bits per heavy atom. The van der Waals surface area contributed by atoms with Crippen LogP contribution in [0.15, 0.2) is 59.0 Å². The highest BCUT2D eigenvalue weighted by Gasteiger charge is 2.35. The number of hydrogen-bond acceptors (Lipinski definition) is 4. The van der Waals surface area contributed by atoms with Gasteiger partial charge in [-0.25, -0.2) is 0 Å². The van der Waals surface area contributed by atoms with E-state index in [9.17, 15) is 4.79 Å². The van der Waals surface area contributed by atoms with E-state index < -0.39 is 0 Å². The van der Waals surface area contributed by atoms with Gasteiger partial charge in [-0.2, -0.15) is 0 Å². The van der Waals surface area contributed by atoms with Crippen molar-refractivity contribution in [2.45, 2.75) is 31.8 Å². The summed E-state index contributed by atoms with van der Waals surface area (Å²) in [5, 5.41) is 0.951. The molecule has 0 amide bonds. The number of carbonyl (C=O) groups is 1. The van der Waals surface area contributed by atoms with E-state index >= 15 is 0 Å². The van der Waals surface area contributed by atoms with E-state index in [0.717, 1.165) is 22.5 Å². The smallest absolute Gasteiger partial charge is 0.309 e. The van der Waals surface area contributed by atoms with Crippen molar-refractivity contribution in [3.8, 4) is 5.75 Å². The molecule has 3 aromatic rings. The molecule has 25 heavy (non-hydrogen) atoms. The first-order chi connectivity index (χ1) is 12.3. The number of furan rings is 1. The van der Waals surface area contributed by atoms with Gasteiger partial charge in [0.05, 0.1) is 18.4 Å². The Morgan fingerprint density at radius 1 is 1.12 bits per heavy atom. The van der Waals surface area contributed by atoms with Crippen LogP contribution in [0.1, 0.15) is 37.0 Å². The quantitative estimate of drug-likeness (QED) is 0.650. The van der Waals surface area contributed by atoms with Gasteiger partial charge in [-0.05, 0) is 31.0 Å². The average Bonchev–Trinajstić information content (AvgIpc) is 3.01. The largest absolute Gasteiger partial charge is 0.485 e. The third kappa shape index (κ3) is 3.00. The van der Waals surface area contributed by atoms with Crippen LogP contribution in [0, 0.1) is 0 Å². The first-order valence-corrected chi connectivity index (χ1v) is 8.65. The number of fused-ring (bicyclic) bond motifs is 3. The SMILES string of the molecule is CCOC(=O)CC1C[C@H](c2ccccc2)c2oc3ccccc3c2O1. The van der Waals surface area contributed by atoms with Crippen LogP contribution in [0.3, 0.4) is 0 Å². The summed E-state index contributed by atoms with van der Waals surface area (Å²) in [6, 6.07) is 18.1. The second-order valence-corrected chi connectivity index (χ2v) is 6.24. The Morgan fingerprint density at radius 2 is 1.88 bits per heavy atom. The first kappa shape index (κ1) is 15.8. The number of hydrogen-bond donors (Lipinski definition) is 0. The Bertz CT molecular complexity index is 881. The fourth-order valence-electron chi connectivity index (χ4n) is 3.48. The van der Waals surface area contributed by atoms with E-state index in [2.05, 4.69) is 12.1 Å². The molecule has 1 aliphatic heterocycles. The number of ether oxygens (including phenoxy) is 2. The average molecular weight is 336 g/mol. The lowest BCUT2D eigenvalue weighted by atomic mass is 9.87. The van der Waals surface area contributed by atoms with E-state index in [-0.39, 0.29) is 24.4 Å². The minimum absolute atomic E-state index is 0.0665. The molecule has 1 unspecified atom stereocenters. The van der Waals surface area contributed by atoms with Crippen LogP contribution in [-0.4, -0.2) is 18.7 Å². The molecule has 0 bridgehead atoms. The molecule has 0 spiro atoms. The molecule has 4 nitrogen and oxygen atoms in total. The minimum atomic E-state index is -0.226. The maximum atomic E-state index is 11.9. The molecule has 0 radical (unpaired) electrons. The highest BCUT2D eigenvalue weighted by Crippen LogP contribution is 2.46. The van der Waals surface area contributed by atoms with Crippen molar-refractivity contribution < 1.29 is 18.7 Å². The molecule has 2 heterocycles. The van der Waals surface area contributed by atoms with Crippen LogP contribution in [0.2, 0.25) is 0 Å². The van der Waals surface area contributed by atoms with Crippen LogP contribution >= 0.6 is 0 Å². The highest BCUT2D eigenvalue weighted by molar-refractivity contribution is 5.86. The zero-order chi connectivity index (χ0) is 17.2. The molecule has 1 aromatic heterocycles. The van der Waals surface area contributed by atoms with Crippen molar-refractivity contribution in [1.82, 2.24) is 0 Å². The van der Waals surface area contributed by atoms with Crippen molar-refractivity contribution in [2.75, 3.05) is 6.61 Å². The van der Waals surface area contributed by atoms with Crippen LogP contribution in [-0.2, 0) is 9.53 Å². The van der Waals surface area contributed by atoms with Crippen LogP contribution in [0.25, 0.3) is 11.0 Å². The molecule has 2 atom stereocenters. The van der Waals surface area contributed by atoms with Gasteiger partial charge in [0.25, 0.3) is 0 Å². The van der Waals surface area contributed by atoms with Gasteiger partial charge in [0.15, 0.2) is 11.5 Å². The third-order valence-electron chi connectivity index (χ3n) is 4.58. The van der Waals surface area contributed by atoms with E-state index in [0.29, 0.717) is 13.0 Å². The number of rotatable bonds is 4. The second kappa shape index (κ2) is 6.63. The van der Waals surface area contributed by atoms with Gasteiger partial charge < -0.3 is 13.9 Å².